The highest BCUT2D eigenvalue weighted by Gasteiger charge is 2.54. The predicted molar refractivity (Wildman–Crippen MR) is 83.6 cm³/mol. The Morgan fingerprint density at radius 1 is 1.17 bits per heavy atom. The Balaban J connectivity index is 1.69. The zero-order chi connectivity index (χ0) is 16.9. The highest BCUT2D eigenvalue weighted by Crippen LogP contribution is 2.45. The molecule has 0 radical (unpaired) electrons. The molecule has 2 fully saturated rings. The maximum atomic E-state index is 13.1. The van der Waals surface area contributed by atoms with E-state index in [0.717, 1.165) is 12.8 Å². The van der Waals surface area contributed by atoms with Gasteiger partial charge < -0.3 is 14.6 Å². The molecule has 130 valence electrons. The number of carboxylic acids is 1. The lowest BCUT2D eigenvalue weighted by Gasteiger charge is -2.23. The fraction of sp³-hybridized carbons (Fsp3) is 0.562. The van der Waals surface area contributed by atoms with Gasteiger partial charge in [-0.2, -0.15) is 4.31 Å². The second-order valence-corrected chi connectivity index (χ2v) is 8.32. The lowest BCUT2D eigenvalue weighted by atomic mass is 9.89. The van der Waals surface area contributed by atoms with Crippen LogP contribution in [0.2, 0.25) is 0 Å². The molecule has 3 aliphatic rings. The van der Waals surface area contributed by atoms with Crippen molar-refractivity contribution in [1.82, 2.24) is 4.31 Å². The van der Waals surface area contributed by atoms with Crippen molar-refractivity contribution in [2.24, 2.45) is 5.92 Å². The summed E-state index contributed by atoms with van der Waals surface area (Å²) in [4.78, 5) is 11.5. The summed E-state index contributed by atoms with van der Waals surface area (Å²) in [6.07, 6.45) is 2.46. The van der Waals surface area contributed by atoms with Crippen LogP contribution in [-0.2, 0) is 14.8 Å². The molecular weight excluding hydrogens is 334 g/mol. The summed E-state index contributed by atoms with van der Waals surface area (Å²) in [7, 11) is -3.75. The minimum Gasteiger partial charge on any atom is -0.490 e. The molecule has 8 heteroatoms. The Hall–Kier alpha value is -1.80. The van der Waals surface area contributed by atoms with Crippen molar-refractivity contribution in [3.05, 3.63) is 18.2 Å². The molecule has 3 unspecified atom stereocenters. The van der Waals surface area contributed by atoms with Gasteiger partial charge in [-0.25, -0.2) is 8.42 Å². The summed E-state index contributed by atoms with van der Waals surface area (Å²) < 4.78 is 38.7. The number of fused-ring (bicyclic) bond motifs is 3. The maximum absolute atomic E-state index is 13.1. The minimum absolute atomic E-state index is 0.134. The van der Waals surface area contributed by atoms with Crippen LogP contribution in [0, 0.1) is 5.92 Å². The lowest BCUT2D eigenvalue weighted by Crippen LogP contribution is -2.37. The molecule has 0 spiro atoms. The molecule has 7 nitrogen and oxygen atoms in total. The number of rotatable bonds is 3. The van der Waals surface area contributed by atoms with E-state index in [1.54, 1.807) is 6.07 Å². The Labute approximate surface area is 140 Å². The van der Waals surface area contributed by atoms with Gasteiger partial charge in [0.1, 0.15) is 0 Å². The Kier molecular flexibility index (Phi) is 3.69. The maximum Gasteiger partial charge on any atom is 0.308 e. The van der Waals surface area contributed by atoms with Gasteiger partial charge in [0.15, 0.2) is 11.5 Å². The van der Waals surface area contributed by atoms with Gasteiger partial charge in [0.05, 0.1) is 24.0 Å². The third kappa shape index (κ3) is 2.36. The van der Waals surface area contributed by atoms with Gasteiger partial charge >= 0.3 is 5.97 Å². The first-order valence-corrected chi connectivity index (χ1v) is 9.58. The summed E-state index contributed by atoms with van der Waals surface area (Å²) in [6.45, 7) is 1.02. The van der Waals surface area contributed by atoms with Crippen LogP contribution in [0.15, 0.2) is 23.1 Å². The van der Waals surface area contributed by atoms with E-state index in [9.17, 15) is 18.3 Å². The lowest BCUT2D eigenvalue weighted by molar-refractivity contribution is -0.142. The number of ether oxygens (including phenoxy) is 2. The van der Waals surface area contributed by atoms with Crippen molar-refractivity contribution in [1.29, 1.82) is 0 Å². The number of carboxylic acid groups (broad SMARTS) is 1. The van der Waals surface area contributed by atoms with E-state index in [-0.39, 0.29) is 10.9 Å². The zero-order valence-electron chi connectivity index (χ0n) is 13.1. The third-order valence-electron chi connectivity index (χ3n) is 5.08. The van der Waals surface area contributed by atoms with Crippen LogP contribution in [-0.4, -0.2) is 49.1 Å². The van der Waals surface area contributed by atoms with Crippen molar-refractivity contribution in [2.75, 3.05) is 13.2 Å². The number of hydrogen-bond acceptors (Lipinski definition) is 5. The molecule has 0 saturated carbocycles. The molecule has 1 N–H and O–H groups in total. The SMILES string of the molecule is O=C(O)C1CC2CCC1N2S(=O)(=O)c1ccc2c(c1)OCCCO2. The fourth-order valence-corrected chi connectivity index (χ4v) is 5.94. The van der Waals surface area contributed by atoms with Crippen molar-refractivity contribution >= 4 is 16.0 Å². The topological polar surface area (TPSA) is 93.1 Å². The molecular formula is C16H19NO6S. The van der Waals surface area contributed by atoms with Gasteiger partial charge in [0, 0.05) is 24.6 Å². The van der Waals surface area contributed by atoms with Crippen LogP contribution in [0.5, 0.6) is 11.5 Å². The fourth-order valence-electron chi connectivity index (χ4n) is 4.00. The average molecular weight is 353 g/mol. The van der Waals surface area contributed by atoms with E-state index in [4.69, 9.17) is 9.47 Å². The van der Waals surface area contributed by atoms with E-state index in [2.05, 4.69) is 0 Å². The monoisotopic (exact) mass is 353 g/mol. The first-order chi connectivity index (χ1) is 11.5. The van der Waals surface area contributed by atoms with E-state index in [1.165, 1.54) is 16.4 Å². The van der Waals surface area contributed by atoms with Crippen molar-refractivity contribution < 1.29 is 27.8 Å². The van der Waals surface area contributed by atoms with E-state index in [1.807, 2.05) is 0 Å². The normalized spacial score (nSPS) is 29.4. The number of carbonyl (C=O) groups is 1. The Bertz CT molecular complexity index is 777. The average Bonchev–Trinajstić information content (AvgIpc) is 3.05. The largest absolute Gasteiger partial charge is 0.490 e. The molecule has 0 aromatic heterocycles. The number of aliphatic carboxylic acids is 1. The van der Waals surface area contributed by atoms with Crippen molar-refractivity contribution in [3.8, 4) is 11.5 Å². The van der Waals surface area contributed by atoms with Crippen LogP contribution in [0.4, 0.5) is 0 Å². The molecule has 0 amide bonds. The number of hydrogen-bond donors (Lipinski definition) is 1. The standard InChI is InChI=1S/C16H19NO6S/c18-16(19)12-8-10-2-4-13(12)17(10)24(20,21)11-3-5-14-15(9-11)23-7-1-6-22-14/h3,5,9-10,12-13H,1-2,4,6-8H2,(H,18,19). The van der Waals surface area contributed by atoms with Crippen molar-refractivity contribution in [3.63, 3.8) is 0 Å². The number of benzene rings is 1. The summed E-state index contributed by atoms with van der Waals surface area (Å²) in [6, 6.07) is 3.94. The van der Waals surface area contributed by atoms with E-state index >= 15 is 0 Å². The first kappa shape index (κ1) is 15.7. The van der Waals surface area contributed by atoms with Crippen LogP contribution in [0.25, 0.3) is 0 Å². The molecule has 4 rings (SSSR count). The Morgan fingerprint density at radius 2 is 1.92 bits per heavy atom. The smallest absolute Gasteiger partial charge is 0.308 e. The third-order valence-corrected chi connectivity index (χ3v) is 7.06. The second-order valence-electron chi connectivity index (χ2n) is 6.47. The molecule has 2 saturated heterocycles. The Morgan fingerprint density at radius 3 is 2.62 bits per heavy atom. The van der Waals surface area contributed by atoms with Crippen LogP contribution in [0.3, 0.4) is 0 Å². The molecule has 3 heterocycles. The highest BCUT2D eigenvalue weighted by molar-refractivity contribution is 7.89. The summed E-state index contributed by atoms with van der Waals surface area (Å²) >= 11 is 0. The molecule has 1 aromatic carbocycles. The molecule has 0 aliphatic carbocycles. The highest BCUT2D eigenvalue weighted by atomic mass is 32.2. The van der Waals surface area contributed by atoms with Crippen molar-refractivity contribution in [2.45, 2.75) is 42.7 Å². The first-order valence-electron chi connectivity index (χ1n) is 8.14. The molecule has 1 aromatic rings. The van der Waals surface area contributed by atoms with Gasteiger partial charge in [0.25, 0.3) is 0 Å². The number of nitrogens with zero attached hydrogens (tertiary/aromatic N) is 1. The summed E-state index contributed by atoms with van der Waals surface area (Å²) in [5.41, 5.74) is 0. The van der Waals surface area contributed by atoms with Gasteiger partial charge in [0.2, 0.25) is 10.0 Å². The van der Waals surface area contributed by atoms with Gasteiger partial charge in [-0.3, -0.25) is 4.79 Å². The van der Waals surface area contributed by atoms with Crippen LogP contribution < -0.4 is 9.47 Å². The van der Waals surface area contributed by atoms with Crippen LogP contribution >= 0.6 is 0 Å². The van der Waals surface area contributed by atoms with Gasteiger partial charge in [-0.1, -0.05) is 0 Å². The second kappa shape index (κ2) is 5.63. The molecule has 3 atom stereocenters. The molecule has 3 aliphatic heterocycles. The van der Waals surface area contributed by atoms with Crippen LogP contribution in [0.1, 0.15) is 25.7 Å². The van der Waals surface area contributed by atoms with Gasteiger partial charge in [-0.15, -0.1) is 0 Å². The molecule has 24 heavy (non-hydrogen) atoms. The predicted octanol–water partition coefficient (Wildman–Crippen LogP) is 1.47. The minimum atomic E-state index is -3.75. The quantitative estimate of drug-likeness (QED) is 0.885. The zero-order valence-corrected chi connectivity index (χ0v) is 13.9. The summed E-state index contributed by atoms with van der Waals surface area (Å²) in [5.74, 6) is -0.561. The van der Waals surface area contributed by atoms with Gasteiger partial charge in [-0.05, 0) is 31.4 Å². The summed E-state index contributed by atoms with van der Waals surface area (Å²) in [5, 5.41) is 9.32. The molecule has 2 bridgehead atoms. The van der Waals surface area contributed by atoms with E-state index in [0.29, 0.717) is 37.6 Å². The number of sulfonamides is 1. The van der Waals surface area contributed by atoms with E-state index < -0.39 is 28.0 Å².